The van der Waals surface area contributed by atoms with Crippen molar-refractivity contribution in [3.8, 4) is 0 Å². The fourth-order valence-electron chi connectivity index (χ4n) is 2.36. The van der Waals surface area contributed by atoms with Crippen LogP contribution in [0.1, 0.15) is 31.2 Å². The number of benzene rings is 1. The summed E-state index contributed by atoms with van der Waals surface area (Å²) in [6.07, 6.45) is 5.46. The molecule has 1 aliphatic rings. The minimum atomic E-state index is -0.151. The summed E-state index contributed by atoms with van der Waals surface area (Å²) in [5, 5.41) is 0. The molecule has 2 nitrogen and oxygen atoms in total. The molecule has 0 spiro atoms. The van der Waals surface area contributed by atoms with Gasteiger partial charge in [0.15, 0.2) is 0 Å². The highest BCUT2D eigenvalue weighted by molar-refractivity contribution is 5.83. The highest BCUT2D eigenvalue weighted by atomic mass is 19.1. The number of nitrogens with zero attached hydrogens (tertiary/aromatic N) is 1. The molecule has 0 aromatic heterocycles. The molecule has 0 heterocycles. The summed E-state index contributed by atoms with van der Waals surface area (Å²) in [6, 6.07) is 6.84. The maximum absolute atomic E-state index is 13.3. The third kappa shape index (κ3) is 3.29. The maximum atomic E-state index is 13.3. The predicted octanol–water partition coefficient (Wildman–Crippen LogP) is 2.92. The van der Waals surface area contributed by atoms with Crippen molar-refractivity contribution in [2.45, 2.75) is 32.1 Å². The van der Waals surface area contributed by atoms with E-state index < -0.39 is 0 Å². The lowest BCUT2D eigenvalue weighted by molar-refractivity contribution is 0.609. The van der Waals surface area contributed by atoms with Crippen molar-refractivity contribution in [1.82, 2.24) is 0 Å². The van der Waals surface area contributed by atoms with E-state index in [1.807, 2.05) is 6.07 Å². The van der Waals surface area contributed by atoms with Crippen molar-refractivity contribution in [3.63, 3.8) is 0 Å². The van der Waals surface area contributed by atoms with Crippen LogP contribution in [-0.4, -0.2) is 12.4 Å². The van der Waals surface area contributed by atoms with Crippen molar-refractivity contribution in [2.75, 3.05) is 6.54 Å². The summed E-state index contributed by atoms with van der Waals surface area (Å²) in [6.45, 7) is 0.587. The van der Waals surface area contributed by atoms with E-state index in [1.54, 1.807) is 12.1 Å². The van der Waals surface area contributed by atoms with Gasteiger partial charge in [-0.2, -0.15) is 0 Å². The normalized spacial score (nSPS) is 17.6. The molecule has 0 amide bonds. The average Bonchev–Trinajstić information content (AvgIpc) is 2.85. The van der Waals surface area contributed by atoms with Gasteiger partial charge in [-0.1, -0.05) is 31.0 Å². The number of amidine groups is 1. The van der Waals surface area contributed by atoms with Crippen molar-refractivity contribution >= 4 is 5.84 Å². The molecule has 1 fully saturated rings. The van der Waals surface area contributed by atoms with E-state index in [0.717, 1.165) is 24.2 Å². The van der Waals surface area contributed by atoms with E-state index in [0.29, 0.717) is 18.9 Å². The van der Waals surface area contributed by atoms with E-state index in [1.165, 1.54) is 18.9 Å². The molecule has 0 bridgehead atoms. The van der Waals surface area contributed by atoms with Crippen LogP contribution in [0.2, 0.25) is 0 Å². The first-order valence-electron chi connectivity index (χ1n) is 6.30. The molecule has 0 aliphatic heterocycles. The molecule has 2 N–H and O–H groups in total. The second-order valence-electron chi connectivity index (χ2n) is 4.63. The zero-order chi connectivity index (χ0) is 12.1. The Balaban J connectivity index is 1.86. The first-order chi connectivity index (χ1) is 8.27. The summed E-state index contributed by atoms with van der Waals surface area (Å²) in [5.41, 5.74) is 6.66. The highest BCUT2D eigenvalue weighted by Gasteiger charge is 2.18. The molecule has 0 unspecified atom stereocenters. The lowest BCUT2D eigenvalue weighted by Crippen LogP contribution is -2.22. The van der Waals surface area contributed by atoms with Gasteiger partial charge in [-0.15, -0.1) is 0 Å². The van der Waals surface area contributed by atoms with Crippen molar-refractivity contribution < 1.29 is 4.39 Å². The van der Waals surface area contributed by atoms with Crippen molar-refractivity contribution in [1.29, 1.82) is 0 Å². The molecule has 0 saturated heterocycles. The van der Waals surface area contributed by atoms with Crippen LogP contribution in [0.3, 0.4) is 0 Å². The number of nitrogens with two attached hydrogens (primary N) is 1. The fourth-order valence-corrected chi connectivity index (χ4v) is 2.36. The number of hydrogen-bond acceptors (Lipinski definition) is 1. The highest BCUT2D eigenvalue weighted by Crippen LogP contribution is 2.24. The quantitative estimate of drug-likeness (QED) is 0.631. The Morgan fingerprint density at radius 2 is 2.00 bits per heavy atom. The first-order valence-corrected chi connectivity index (χ1v) is 6.30. The summed E-state index contributed by atoms with van der Waals surface area (Å²) in [4.78, 5) is 4.37. The smallest absolute Gasteiger partial charge is 0.126 e. The zero-order valence-corrected chi connectivity index (χ0v) is 10.0. The summed E-state index contributed by atoms with van der Waals surface area (Å²) < 4.78 is 13.3. The molecular formula is C14H19FN2. The van der Waals surface area contributed by atoms with Gasteiger partial charge in [0.05, 0.1) is 5.84 Å². The SMILES string of the molecule is NC(=NCCc1ccccc1F)C1CCCC1. The topological polar surface area (TPSA) is 38.4 Å². The molecule has 3 heteroatoms. The molecule has 1 aromatic carbocycles. The van der Waals surface area contributed by atoms with Gasteiger partial charge in [0.1, 0.15) is 5.82 Å². The Hall–Kier alpha value is -1.38. The first kappa shape index (κ1) is 12.1. The molecule has 2 rings (SSSR count). The summed E-state index contributed by atoms with van der Waals surface area (Å²) in [7, 11) is 0. The van der Waals surface area contributed by atoms with E-state index in [9.17, 15) is 4.39 Å². The van der Waals surface area contributed by atoms with E-state index in [-0.39, 0.29) is 5.82 Å². The monoisotopic (exact) mass is 234 g/mol. The summed E-state index contributed by atoms with van der Waals surface area (Å²) in [5.74, 6) is 1.08. The van der Waals surface area contributed by atoms with E-state index in [2.05, 4.69) is 4.99 Å². The van der Waals surface area contributed by atoms with Gasteiger partial charge in [-0.05, 0) is 30.9 Å². The minimum absolute atomic E-state index is 0.151. The Bertz CT molecular complexity index is 395. The number of rotatable bonds is 4. The Labute approximate surface area is 102 Å². The van der Waals surface area contributed by atoms with Gasteiger partial charge < -0.3 is 5.73 Å². The van der Waals surface area contributed by atoms with Gasteiger partial charge in [0, 0.05) is 12.5 Å². The minimum Gasteiger partial charge on any atom is -0.387 e. The standard InChI is InChI=1S/C14H19FN2/c15-13-8-4-3-5-11(13)9-10-17-14(16)12-6-1-2-7-12/h3-5,8,12H,1-2,6-7,9-10H2,(H2,16,17). The zero-order valence-electron chi connectivity index (χ0n) is 10.0. The molecule has 92 valence electrons. The molecule has 0 atom stereocenters. The van der Waals surface area contributed by atoms with Crippen LogP contribution < -0.4 is 5.73 Å². The molecule has 17 heavy (non-hydrogen) atoms. The predicted molar refractivity (Wildman–Crippen MR) is 68.6 cm³/mol. The van der Waals surface area contributed by atoms with Crippen LogP contribution in [0.15, 0.2) is 29.3 Å². The molecule has 1 saturated carbocycles. The number of aliphatic imine (C=N–C) groups is 1. The van der Waals surface area contributed by atoms with Crippen LogP contribution in [-0.2, 0) is 6.42 Å². The molecule has 1 aromatic rings. The number of hydrogen-bond donors (Lipinski definition) is 1. The lowest BCUT2D eigenvalue weighted by Gasteiger charge is -2.08. The Kier molecular flexibility index (Phi) is 4.13. The van der Waals surface area contributed by atoms with Crippen LogP contribution in [0.25, 0.3) is 0 Å². The second kappa shape index (κ2) is 5.80. The third-order valence-electron chi connectivity index (χ3n) is 3.41. The van der Waals surface area contributed by atoms with Crippen LogP contribution in [0, 0.1) is 11.7 Å². The molecule has 0 radical (unpaired) electrons. The van der Waals surface area contributed by atoms with Crippen LogP contribution >= 0.6 is 0 Å². The Morgan fingerprint density at radius 1 is 1.29 bits per heavy atom. The second-order valence-corrected chi connectivity index (χ2v) is 4.63. The average molecular weight is 234 g/mol. The van der Waals surface area contributed by atoms with Gasteiger partial charge in [0.25, 0.3) is 0 Å². The fraction of sp³-hybridized carbons (Fsp3) is 0.500. The van der Waals surface area contributed by atoms with E-state index >= 15 is 0 Å². The molecular weight excluding hydrogens is 215 g/mol. The summed E-state index contributed by atoms with van der Waals surface area (Å²) >= 11 is 0. The largest absolute Gasteiger partial charge is 0.387 e. The van der Waals surface area contributed by atoms with Crippen molar-refractivity contribution in [2.24, 2.45) is 16.6 Å². The van der Waals surface area contributed by atoms with Gasteiger partial charge in [0.2, 0.25) is 0 Å². The lowest BCUT2D eigenvalue weighted by atomic mass is 10.1. The van der Waals surface area contributed by atoms with Gasteiger partial charge >= 0.3 is 0 Å². The van der Waals surface area contributed by atoms with Crippen molar-refractivity contribution in [3.05, 3.63) is 35.6 Å². The Morgan fingerprint density at radius 3 is 2.71 bits per heavy atom. The third-order valence-corrected chi connectivity index (χ3v) is 3.41. The van der Waals surface area contributed by atoms with Gasteiger partial charge in [-0.3, -0.25) is 4.99 Å². The molecule has 1 aliphatic carbocycles. The van der Waals surface area contributed by atoms with E-state index in [4.69, 9.17) is 5.73 Å². The van der Waals surface area contributed by atoms with Crippen LogP contribution in [0.4, 0.5) is 4.39 Å². The maximum Gasteiger partial charge on any atom is 0.126 e. The number of halogens is 1. The van der Waals surface area contributed by atoms with Gasteiger partial charge in [-0.25, -0.2) is 4.39 Å². The van der Waals surface area contributed by atoms with Crippen LogP contribution in [0.5, 0.6) is 0 Å².